The minimum atomic E-state index is 0.0498. The number of rotatable bonds is 5. The van der Waals surface area contributed by atoms with Crippen molar-refractivity contribution in [2.45, 2.75) is 33.3 Å². The summed E-state index contributed by atoms with van der Waals surface area (Å²) in [4.78, 5) is 15.8. The molecule has 3 nitrogen and oxygen atoms in total. The van der Waals surface area contributed by atoms with Gasteiger partial charge in [0.15, 0.2) is 5.78 Å². The monoisotopic (exact) mass is 207 g/mol. The molecule has 0 saturated carbocycles. The number of ether oxygens (including phenoxy) is 1. The number of aromatic nitrogens is 1. The zero-order valence-corrected chi connectivity index (χ0v) is 9.49. The van der Waals surface area contributed by atoms with Crippen LogP contribution in [0.15, 0.2) is 18.3 Å². The third-order valence-corrected chi connectivity index (χ3v) is 2.05. The van der Waals surface area contributed by atoms with Gasteiger partial charge in [0.25, 0.3) is 0 Å². The summed E-state index contributed by atoms with van der Waals surface area (Å²) in [5, 5.41) is 0. The lowest BCUT2D eigenvalue weighted by molar-refractivity contribution is 0.0675. The molecule has 1 aromatic rings. The van der Waals surface area contributed by atoms with Crippen molar-refractivity contribution in [3.8, 4) is 0 Å². The van der Waals surface area contributed by atoms with Gasteiger partial charge in [-0.25, -0.2) is 0 Å². The third kappa shape index (κ3) is 3.80. The van der Waals surface area contributed by atoms with Crippen molar-refractivity contribution in [3.63, 3.8) is 0 Å². The number of carbonyl (C=O) groups is 1. The van der Waals surface area contributed by atoms with Crippen LogP contribution in [-0.2, 0) is 4.74 Å². The molecule has 0 atom stereocenters. The summed E-state index contributed by atoms with van der Waals surface area (Å²) in [6.07, 6.45) is 2.21. The molecule has 0 radical (unpaired) electrons. The number of ketones is 1. The normalized spacial score (nSPS) is 10.7. The Morgan fingerprint density at radius 3 is 2.87 bits per heavy atom. The number of Topliss-reactive ketones (excluding diaryl/α,β-unsaturated/α-hetero) is 1. The molecule has 0 unspecified atom stereocenters. The van der Waals surface area contributed by atoms with Gasteiger partial charge < -0.3 is 4.74 Å². The number of pyridine rings is 1. The van der Waals surface area contributed by atoms with Gasteiger partial charge in [0.1, 0.15) is 5.69 Å². The molecule has 0 aliphatic rings. The van der Waals surface area contributed by atoms with Crippen molar-refractivity contribution < 1.29 is 9.53 Å². The Labute approximate surface area is 90.5 Å². The van der Waals surface area contributed by atoms with Gasteiger partial charge in [0, 0.05) is 12.6 Å². The SMILES string of the molecule is Cc1cccnc1C(=O)CCOC(C)C. The molecule has 82 valence electrons. The maximum absolute atomic E-state index is 11.7. The first-order valence-corrected chi connectivity index (χ1v) is 5.17. The lowest BCUT2D eigenvalue weighted by atomic mass is 10.1. The van der Waals surface area contributed by atoms with Gasteiger partial charge in [0.05, 0.1) is 12.7 Å². The zero-order valence-electron chi connectivity index (χ0n) is 9.49. The Morgan fingerprint density at radius 2 is 2.27 bits per heavy atom. The van der Waals surface area contributed by atoms with E-state index in [-0.39, 0.29) is 11.9 Å². The molecule has 0 aliphatic carbocycles. The van der Waals surface area contributed by atoms with Gasteiger partial charge in [-0.2, -0.15) is 0 Å². The Morgan fingerprint density at radius 1 is 1.53 bits per heavy atom. The molecule has 0 saturated heterocycles. The molecule has 0 bridgehead atoms. The Kier molecular flexibility index (Phi) is 4.43. The van der Waals surface area contributed by atoms with Crippen molar-refractivity contribution in [1.29, 1.82) is 0 Å². The topological polar surface area (TPSA) is 39.2 Å². The fourth-order valence-corrected chi connectivity index (χ4v) is 1.28. The first-order valence-electron chi connectivity index (χ1n) is 5.17. The Balaban J connectivity index is 2.51. The lowest BCUT2D eigenvalue weighted by Gasteiger charge is -2.07. The maximum Gasteiger partial charge on any atom is 0.183 e. The van der Waals surface area contributed by atoms with Crippen LogP contribution < -0.4 is 0 Å². The molecule has 1 heterocycles. The summed E-state index contributed by atoms with van der Waals surface area (Å²) >= 11 is 0. The van der Waals surface area contributed by atoms with E-state index in [1.807, 2.05) is 32.9 Å². The second-order valence-electron chi connectivity index (χ2n) is 3.76. The predicted molar refractivity (Wildman–Crippen MR) is 59.0 cm³/mol. The molecule has 1 rings (SSSR count). The third-order valence-electron chi connectivity index (χ3n) is 2.05. The number of hydrogen-bond donors (Lipinski definition) is 0. The fourth-order valence-electron chi connectivity index (χ4n) is 1.28. The van der Waals surface area contributed by atoms with Gasteiger partial charge in [-0.1, -0.05) is 6.07 Å². The molecule has 0 amide bonds. The summed E-state index contributed by atoms with van der Waals surface area (Å²) in [6, 6.07) is 3.72. The van der Waals surface area contributed by atoms with Crippen molar-refractivity contribution in [2.75, 3.05) is 6.61 Å². The van der Waals surface area contributed by atoms with Crippen LogP contribution in [0.3, 0.4) is 0 Å². The second kappa shape index (κ2) is 5.61. The molecule has 0 spiro atoms. The molecule has 15 heavy (non-hydrogen) atoms. The smallest absolute Gasteiger partial charge is 0.183 e. The lowest BCUT2D eigenvalue weighted by Crippen LogP contribution is -2.11. The number of hydrogen-bond acceptors (Lipinski definition) is 3. The quantitative estimate of drug-likeness (QED) is 0.696. The van der Waals surface area contributed by atoms with Gasteiger partial charge in [0.2, 0.25) is 0 Å². The van der Waals surface area contributed by atoms with E-state index < -0.39 is 0 Å². The van der Waals surface area contributed by atoms with Gasteiger partial charge in [-0.3, -0.25) is 9.78 Å². The van der Waals surface area contributed by atoms with E-state index in [1.54, 1.807) is 6.20 Å². The Hall–Kier alpha value is -1.22. The highest BCUT2D eigenvalue weighted by Crippen LogP contribution is 2.06. The minimum absolute atomic E-state index is 0.0498. The van der Waals surface area contributed by atoms with E-state index in [1.165, 1.54) is 0 Å². The molecule has 3 heteroatoms. The summed E-state index contributed by atoms with van der Waals surface area (Å²) in [5.74, 6) is 0.0498. The summed E-state index contributed by atoms with van der Waals surface area (Å²) in [5.41, 5.74) is 1.48. The van der Waals surface area contributed by atoms with E-state index in [2.05, 4.69) is 4.98 Å². The van der Waals surface area contributed by atoms with Crippen molar-refractivity contribution >= 4 is 5.78 Å². The van der Waals surface area contributed by atoms with Crippen LogP contribution in [0.2, 0.25) is 0 Å². The second-order valence-corrected chi connectivity index (χ2v) is 3.76. The van der Waals surface area contributed by atoms with Crippen LogP contribution in [-0.4, -0.2) is 23.5 Å². The number of nitrogens with zero attached hydrogens (tertiary/aromatic N) is 1. The van der Waals surface area contributed by atoms with Crippen LogP contribution in [0.5, 0.6) is 0 Å². The van der Waals surface area contributed by atoms with Crippen LogP contribution >= 0.6 is 0 Å². The summed E-state index contributed by atoms with van der Waals surface area (Å²) in [7, 11) is 0. The van der Waals surface area contributed by atoms with Crippen molar-refractivity contribution in [2.24, 2.45) is 0 Å². The van der Waals surface area contributed by atoms with Gasteiger partial charge >= 0.3 is 0 Å². The summed E-state index contributed by atoms with van der Waals surface area (Å²) < 4.78 is 5.33. The summed E-state index contributed by atoms with van der Waals surface area (Å²) in [6.45, 7) is 6.27. The first-order chi connectivity index (χ1) is 7.11. The highest BCUT2D eigenvalue weighted by atomic mass is 16.5. The largest absolute Gasteiger partial charge is 0.378 e. The van der Waals surface area contributed by atoms with Crippen LogP contribution in [0.25, 0.3) is 0 Å². The molecule has 0 aliphatic heterocycles. The van der Waals surface area contributed by atoms with Crippen LogP contribution in [0.1, 0.15) is 36.3 Å². The molecule has 0 aromatic carbocycles. The zero-order chi connectivity index (χ0) is 11.3. The van der Waals surface area contributed by atoms with E-state index in [9.17, 15) is 4.79 Å². The van der Waals surface area contributed by atoms with Gasteiger partial charge in [-0.05, 0) is 32.4 Å². The highest BCUT2D eigenvalue weighted by molar-refractivity contribution is 5.95. The van der Waals surface area contributed by atoms with Crippen LogP contribution in [0, 0.1) is 6.92 Å². The van der Waals surface area contributed by atoms with E-state index in [0.29, 0.717) is 18.7 Å². The minimum Gasteiger partial charge on any atom is -0.378 e. The van der Waals surface area contributed by atoms with E-state index in [4.69, 9.17) is 4.74 Å². The van der Waals surface area contributed by atoms with Crippen molar-refractivity contribution in [3.05, 3.63) is 29.6 Å². The average Bonchev–Trinajstić information content (AvgIpc) is 2.17. The predicted octanol–water partition coefficient (Wildman–Crippen LogP) is 2.39. The molecule has 1 aromatic heterocycles. The fraction of sp³-hybridized carbons (Fsp3) is 0.500. The van der Waals surface area contributed by atoms with E-state index in [0.717, 1.165) is 5.56 Å². The molecule has 0 N–H and O–H groups in total. The van der Waals surface area contributed by atoms with E-state index >= 15 is 0 Å². The standard InChI is InChI=1S/C12H17NO2/c1-9(2)15-8-6-11(14)12-10(3)5-4-7-13-12/h4-5,7,9H,6,8H2,1-3H3. The molecule has 0 fully saturated rings. The number of aryl methyl sites for hydroxylation is 1. The van der Waals surface area contributed by atoms with Gasteiger partial charge in [-0.15, -0.1) is 0 Å². The molecular weight excluding hydrogens is 190 g/mol. The number of carbonyl (C=O) groups excluding carboxylic acids is 1. The molecular formula is C12H17NO2. The maximum atomic E-state index is 11.7. The van der Waals surface area contributed by atoms with Crippen molar-refractivity contribution in [1.82, 2.24) is 4.98 Å². The average molecular weight is 207 g/mol. The highest BCUT2D eigenvalue weighted by Gasteiger charge is 2.09. The van der Waals surface area contributed by atoms with Crippen LogP contribution in [0.4, 0.5) is 0 Å². The Bertz CT molecular complexity index is 334. The first kappa shape index (κ1) is 11.9.